The Morgan fingerprint density at radius 3 is 2.21 bits per heavy atom. The highest BCUT2D eigenvalue weighted by atomic mass is 16.4. The number of hydrogen-bond donors (Lipinski definition) is 1. The first kappa shape index (κ1) is 17.6. The van der Waals surface area contributed by atoms with Crippen molar-refractivity contribution < 1.29 is 14.7 Å². The lowest BCUT2D eigenvalue weighted by atomic mass is 9.98. The molecule has 0 fully saturated rings. The number of rotatable bonds is 4. The highest BCUT2D eigenvalue weighted by Gasteiger charge is 2.13. The summed E-state index contributed by atoms with van der Waals surface area (Å²) in [6.45, 7) is 1.54. The SMILES string of the molecule is CC(=O)c1ccc(-c2cccc(-c3cc(C(=O)O)c4ccccc4n3)c2)cc1. The Bertz CT molecular complexity index is 1210. The summed E-state index contributed by atoms with van der Waals surface area (Å²) >= 11 is 0. The van der Waals surface area contributed by atoms with Crippen molar-refractivity contribution >= 4 is 22.7 Å². The monoisotopic (exact) mass is 367 g/mol. The molecule has 1 aromatic heterocycles. The number of para-hydroxylation sites is 1. The van der Waals surface area contributed by atoms with Gasteiger partial charge in [-0.3, -0.25) is 4.79 Å². The summed E-state index contributed by atoms with van der Waals surface area (Å²) in [4.78, 5) is 27.8. The van der Waals surface area contributed by atoms with Crippen LogP contribution in [0.4, 0.5) is 0 Å². The van der Waals surface area contributed by atoms with Crippen LogP contribution >= 0.6 is 0 Å². The molecule has 28 heavy (non-hydrogen) atoms. The van der Waals surface area contributed by atoms with E-state index in [4.69, 9.17) is 0 Å². The van der Waals surface area contributed by atoms with Gasteiger partial charge in [0.15, 0.2) is 5.78 Å². The summed E-state index contributed by atoms with van der Waals surface area (Å²) in [5.41, 5.74) is 4.94. The van der Waals surface area contributed by atoms with E-state index >= 15 is 0 Å². The van der Waals surface area contributed by atoms with Crippen LogP contribution in [0.3, 0.4) is 0 Å². The van der Waals surface area contributed by atoms with Crippen molar-refractivity contribution in [2.75, 3.05) is 0 Å². The summed E-state index contributed by atoms with van der Waals surface area (Å²) in [5.74, 6) is -0.947. The predicted octanol–water partition coefficient (Wildman–Crippen LogP) is 5.47. The van der Waals surface area contributed by atoms with E-state index in [1.807, 2.05) is 48.5 Å². The molecule has 0 radical (unpaired) electrons. The number of carboxylic acids is 1. The topological polar surface area (TPSA) is 67.3 Å². The number of carbonyl (C=O) groups excluding carboxylic acids is 1. The maximum atomic E-state index is 11.7. The standard InChI is InChI=1S/C24H17NO3/c1-15(26)16-9-11-17(12-10-16)18-5-4-6-19(13-18)23-14-21(24(27)28)20-7-2-3-8-22(20)25-23/h2-14H,1H3,(H,27,28). The third kappa shape index (κ3) is 3.28. The number of carbonyl (C=O) groups is 2. The Morgan fingerprint density at radius 1 is 0.786 bits per heavy atom. The first-order valence-electron chi connectivity index (χ1n) is 8.88. The number of hydrogen-bond acceptors (Lipinski definition) is 3. The largest absolute Gasteiger partial charge is 0.478 e. The summed E-state index contributed by atoms with van der Waals surface area (Å²) in [5, 5.41) is 10.2. The molecule has 1 heterocycles. The summed E-state index contributed by atoms with van der Waals surface area (Å²) in [6, 6.07) is 24.1. The molecule has 0 aliphatic rings. The van der Waals surface area contributed by atoms with Crippen LogP contribution in [0.1, 0.15) is 27.6 Å². The molecule has 3 aromatic carbocycles. The fourth-order valence-electron chi connectivity index (χ4n) is 3.26. The van der Waals surface area contributed by atoms with Gasteiger partial charge in [-0.15, -0.1) is 0 Å². The highest BCUT2D eigenvalue weighted by molar-refractivity contribution is 6.03. The highest BCUT2D eigenvalue weighted by Crippen LogP contribution is 2.28. The van der Waals surface area contributed by atoms with E-state index in [2.05, 4.69) is 4.98 Å². The second-order valence-corrected chi connectivity index (χ2v) is 6.59. The quantitative estimate of drug-likeness (QED) is 0.486. The number of aromatic carboxylic acids is 1. The number of ketones is 1. The van der Waals surface area contributed by atoms with Crippen molar-refractivity contribution in [3.8, 4) is 22.4 Å². The minimum absolute atomic E-state index is 0.0295. The van der Waals surface area contributed by atoms with E-state index in [1.54, 1.807) is 37.3 Å². The number of benzene rings is 3. The fourth-order valence-corrected chi connectivity index (χ4v) is 3.26. The maximum Gasteiger partial charge on any atom is 0.336 e. The first-order valence-corrected chi connectivity index (χ1v) is 8.88. The molecule has 0 spiro atoms. The molecule has 0 aliphatic carbocycles. The van der Waals surface area contributed by atoms with Crippen molar-refractivity contribution in [1.29, 1.82) is 0 Å². The van der Waals surface area contributed by atoms with Gasteiger partial charge in [-0.2, -0.15) is 0 Å². The normalized spacial score (nSPS) is 10.8. The zero-order chi connectivity index (χ0) is 19.7. The van der Waals surface area contributed by atoms with Gasteiger partial charge in [-0.1, -0.05) is 60.7 Å². The third-order valence-electron chi connectivity index (χ3n) is 4.73. The molecule has 0 bridgehead atoms. The van der Waals surface area contributed by atoms with E-state index in [9.17, 15) is 14.7 Å². The minimum atomic E-state index is -0.976. The Hall–Kier alpha value is -3.79. The number of fused-ring (bicyclic) bond motifs is 1. The second-order valence-electron chi connectivity index (χ2n) is 6.59. The Kier molecular flexibility index (Phi) is 4.45. The second kappa shape index (κ2) is 7.08. The maximum absolute atomic E-state index is 11.7. The Balaban J connectivity index is 1.81. The lowest BCUT2D eigenvalue weighted by molar-refractivity contribution is 0.0698. The van der Waals surface area contributed by atoms with Crippen molar-refractivity contribution in [1.82, 2.24) is 4.98 Å². The molecule has 0 atom stereocenters. The summed E-state index contributed by atoms with van der Waals surface area (Å²) in [6.07, 6.45) is 0. The molecule has 4 nitrogen and oxygen atoms in total. The van der Waals surface area contributed by atoms with Gasteiger partial charge in [-0.05, 0) is 36.2 Å². The van der Waals surface area contributed by atoms with Crippen LogP contribution in [0.15, 0.2) is 78.9 Å². The van der Waals surface area contributed by atoms with Gasteiger partial charge in [0.05, 0.1) is 16.8 Å². The van der Waals surface area contributed by atoms with Gasteiger partial charge in [0.2, 0.25) is 0 Å². The van der Waals surface area contributed by atoms with Crippen LogP contribution in [0.25, 0.3) is 33.3 Å². The average Bonchev–Trinajstić information content (AvgIpc) is 2.73. The number of aromatic nitrogens is 1. The molecular weight excluding hydrogens is 350 g/mol. The van der Waals surface area contributed by atoms with E-state index in [0.717, 1.165) is 16.7 Å². The van der Waals surface area contributed by atoms with Crippen molar-refractivity contribution in [3.05, 3.63) is 90.0 Å². The number of Topliss-reactive ketones (excluding diaryl/α,β-unsaturated/α-hetero) is 1. The number of carboxylic acid groups (broad SMARTS) is 1. The van der Waals surface area contributed by atoms with E-state index in [1.165, 1.54) is 0 Å². The Morgan fingerprint density at radius 2 is 1.50 bits per heavy atom. The molecular formula is C24H17NO3. The summed E-state index contributed by atoms with van der Waals surface area (Å²) < 4.78 is 0. The molecule has 136 valence electrons. The Labute approximate surface area is 162 Å². The number of pyridine rings is 1. The van der Waals surface area contributed by atoms with Crippen molar-refractivity contribution in [2.24, 2.45) is 0 Å². The minimum Gasteiger partial charge on any atom is -0.478 e. The average molecular weight is 367 g/mol. The molecule has 0 unspecified atom stereocenters. The van der Waals surface area contributed by atoms with Crippen LogP contribution in [-0.4, -0.2) is 21.8 Å². The third-order valence-corrected chi connectivity index (χ3v) is 4.73. The van der Waals surface area contributed by atoms with Crippen LogP contribution < -0.4 is 0 Å². The van der Waals surface area contributed by atoms with Gasteiger partial charge in [-0.25, -0.2) is 9.78 Å². The van der Waals surface area contributed by atoms with Crippen LogP contribution in [0, 0.1) is 0 Å². The molecule has 0 saturated heterocycles. The predicted molar refractivity (Wildman–Crippen MR) is 110 cm³/mol. The fraction of sp³-hybridized carbons (Fsp3) is 0.0417. The smallest absolute Gasteiger partial charge is 0.336 e. The summed E-state index contributed by atoms with van der Waals surface area (Å²) in [7, 11) is 0. The molecule has 0 saturated carbocycles. The van der Waals surface area contributed by atoms with Crippen molar-refractivity contribution in [2.45, 2.75) is 6.92 Å². The van der Waals surface area contributed by atoms with E-state index in [0.29, 0.717) is 22.2 Å². The van der Waals surface area contributed by atoms with Gasteiger partial charge < -0.3 is 5.11 Å². The van der Waals surface area contributed by atoms with E-state index in [-0.39, 0.29) is 11.3 Å². The van der Waals surface area contributed by atoms with Crippen LogP contribution in [0.5, 0.6) is 0 Å². The zero-order valence-corrected chi connectivity index (χ0v) is 15.2. The van der Waals surface area contributed by atoms with Gasteiger partial charge in [0.1, 0.15) is 0 Å². The van der Waals surface area contributed by atoms with Gasteiger partial charge in [0.25, 0.3) is 0 Å². The van der Waals surface area contributed by atoms with Gasteiger partial charge in [0, 0.05) is 16.5 Å². The molecule has 4 aromatic rings. The first-order chi connectivity index (χ1) is 13.5. The van der Waals surface area contributed by atoms with E-state index < -0.39 is 5.97 Å². The zero-order valence-electron chi connectivity index (χ0n) is 15.2. The van der Waals surface area contributed by atoms with Crippen molar-refractivity contribution in [3.63, 3.8) is 0 Å². The van der Waals surface area contributed by atoms with Gasteiger partial charge >= 0.3 is 5.97 Å². The number of nitrogens with zero attached hydrogens (tertiary/aromatic N) is 1. The van der Waals surface area contributed by atoms with Crippen LogP contribution in [-0.2, 0) is 0 Å². The lowest BCUT2D eigenvalue weighted by Gasteiger charge is -2.09. The molecule has 4 rings (SSSR count). The molecule has 4 heteroatoms. The molecule has 0 amide bonds. The molecule has 1 N–H and O–H groups in total. The lowest BCUT2D eigenvalue weighted by Crippen LogP contribution is -2.00. The molecule has 0 aliphatic heterocycles. The van der Waals surface area contributed by atoms with Crippen LogP contribution in [0.2, 0.25) is 0 Å².